The molecule has 0 spiro atoms. The predicted octanol–water partition coefficient (Wildman–Crippen LogP) is 12.2. The predicted molar refractivity (Wildman–Crippen MR) is 206 cm³/mol. The molecule has 7 aromatic carbocycles. The fraction of sp³-hybridized carbons (Fsp3) is 0. The monoisotopic (exact) mass is 643 g/mol. The second kappa shape index (κ2) is 13.4. The molecule has 0 aliphatic carbocycles. The van der Waals surface area contributed by atoms with Crippen LogP contribution in [0.1, 0.15) is 0 Å². The largest absolute Gasteiger partial charge is 0.508 e. The Hall–Kier alpha value is -6.71. The first kappa shape index (κ1) is 30.6. The maximum absolute atomic E-state index is 9.63. The molecule has 1 aromatic heterocycles. The van der Waals surface area contributed by atoms with E-state index in [0.29, 0.717) is 0 Å². The second-order valence-corrected chi connectivity index (χ2v) is 12.4. The van der Waals surface area contributed by atoms with Crippen molar-refractivity contribution in [3.63, 3.8) is 0 Å². The highest BCUT2D eigenvalue weighted by molar-refractivity contribution is 5.79. The van der Waals surface area contributed by atoms with Gasteiger partial charge in [0, 0.05) is 11.1 Å². The van der Waals surface area contributed by atoms with Gasteiger partial charge in [-0.2, -0.15) is 0 Å². The Morgan fingerprint density at radius 2 is 0.480 bits per heavy atom. The summed E-state index contributed by atoms with van der Waals surface area (Å²) in [6.07, 6.45) is 0. The molecule has 1 heterocycles. The average molecular weight is 644 g/mol. The van der Waals surface area contributed by atoms with E-state index in [0.717, 1.165) is 78.1 Å². The molecule has 8 rings (SSSR count). The number of phenolic OH excluding ortho intramolecular Hbond substituents is 2. The van der Waals surface area contributed by atoms with Gasteiger partial charge in [0.2, 0.25) is 0 Å². The van der Waals surface area contributed by atoms with Crippen LogP contribution in [0.5, 0.6) is 11.5 Å². The van der Waals surface area contributed by atoms with Crippen molar-refractivity contribution in [1.29, 1.82) is 0 Å². The zero-order chi connectivity index (χ0) is 33.9. The molecule has 0 fully saturated rings. The Kier molecular flexibility index (Phi) is 8.22. The molecule has 0 radical (unpaired) electrons. The number of aromatic nitrogens is 1. The molecule has 3 heteroatoms. The van der Waals surface area contributed by atoms with Crippen LogP contribution in [0.25, 0.3) is 78.1 Å². The molecular formula is C47H33NO2. The van der Waals surface area contributed by atoms with Gasteiger partial charge < -0.3 is 10.2 Å². The quantitative estimate of drug-likeness (QED) is 0.182. The Labute approximate surface area is 292 Å². The smallest absolute Gasteiger partial charge is 0.115 e. The first-order valence-electron chi connectivity index (χ1n) is 16.6. The van der Waals surface area contributed by atoms with Crippen LogP contribution in [0.4, 0.5) is 0 Å². The highest BCUT2D eigenvalue weighted by Gasteiger charge is 2.11. The van der Waals surface area contributed by atoms with Crippen LogP contribution in [0.15, 0.2) is 188 Å². The van der Waals surface area contributed by atoms with E-state index < -0.39 is 0 Å². The van der Waals surface area contributed by atoms with Crippen LogP contribution >= 0.6 is 0 Å². The molecule has 0 saturated carbocycles. The van der Waals surface area contributed by atoms with Crippen molar-refractivity contribution in [1.82, 2.24) is 4.98 Å². The summed E-state index contributed by atoms with van der Waals surface area (Å²) in [5.41, 5.74) is 15.1. The molecule has 0 bridgehead atoms. The van der Waals surface area contributed by atoms with E-state index in [2.05, 4.69) is 133 Å². The fourth-order valence-corrected chi connectivity index (χ4v) is 6.31. The lowest BCUT2D eigenvalue weighted by atomic mass is 9.96. The van der Waals surface area contributed by atoms with Crippen molar-refractivity contribution < 1.29 is 10.2 Å². The number of pyridine rings is 1. The fourth-order valence-electron chi connectivity index (χ4n) is 6.31. The Morgan fingerprint density at radius 1 is 0.240 bits per heavy atom. The van der Waals surface area contributed by atoms with E-state index in [-0.39, 0.29) is 11.5 Å². The lowest BCUT2D eigenvalue weighted by Gasteiger charge is -2.12. The van der Waals surface area contributed by atoms with Crippen molar-refractivity contribution >= 4 is 0 Å². The molecule has 0 atom stereocenters. The van der Waals surface area contributed by atoms with E-state index in [1.54, 1.807) is 24.3 Å². The summed E-state index contributed by atoms with van der Waals surface area (Å²) in [6, 6.07) is 63.6. The molecule has 3 nitrogen and oxygen atoms in total. The van der Waals surface area contributed by atoms with Crippen LogP contribution in [0.3, 0.4) is 0 Å². The number of aromatic hydroxyl groups is 2. The van der Waals surface area contributed by atoms with Gasteiger partial charge in [-0.25, -0.2) is 4.98 Å². The molecule has 2 N–H and O–H groups in total. The summed E-state index contributed by atoms with van der Waals surface area (Å²) in [7, 11) is 0. The van der Waals surface area contributed by atoms with Gasteiger partial charge in [0.25, 0.3) is 0 Å². The lowest BCUT2D eigenvalue weighted by Crippen LogP contribution is -1.92. The molecule has 238 valence electrons. The van der Waals surface area contributed by atoms with Gasteiger partial charge in [-0.15, -0.1) is 0 Å². The minimum atomic E-state index is 0.268. The summed E-state index contributed by atoms with van der Waals surface area (Å²) < 4.78 is 0. The van der Waals surface area contributed by atoms with Crippen LogP contribution in [-0.4, -0.2) is 15.2 Å². The average Bonchev–Trinajstić information content (AvgIpc) is 3.19. The molecule has 50 heavy (non-hydrogen) atoms. The highest BCUT2D eigenvalue weighted by Crippen LogP contribution is 2.34. The molecule has 0 aliphatic rings. The number of phenols is 2. The maximum Gasteiger partial charge on any atom is 0.115 e. The Morgan fingerprint density at radius 3 is 0.780 bits per heavy atom. The third-order valence-electron chi connectivity index (χ3n) is 9.13. The second-order valence-electron chi connectivity index (χ2n) is 12.4. The van der Waals surface area contributed by atoms with Crippen molar-refractivity contribution in [2.24, 2.45) is 0 Å². The van der Waals surface area contributed by atoms with Gasteiger partial charge in [0.1, 0.15) is 11.5 Å². The van der Waals surface area contributed by atoms with Gasteiger partial charge in [0.05, 0.1) is 11.4 Å². The minimum absolute atomic E-state index is 0.268. The number of hydrogen-bond acceptors (Lipinski definition) is 3. The summed E-state index contributed by atoms with van der Waals surface area (Å²) in [6.45, 7) is 0. The van der Waals surface area contributed by atoms with E-state index >= 15 is 0 Å². The van der Waals surface area contributed by atoms with Crippen LogP contribution < -0.4 is 0 Å². The Bertz CT molecular complexity index is 2210. The third-order valence-corrected chi connectivity index (χ3v) is 9.13. The molecular weight excluding hydrogens is 611 g/mol. The van der Waals surface area contributed by atoms with Crippen molar-refractivity contribution in [2.75, 3.05) is 0 Å². The first-order valence-corrected chi connectivity index (χ1v) is 16.6. The van der Waals surface area contributed by atoms with Crippen molar-refractivity contribution in [2.45, 2.75) is 0 Å². The zero-order valence-electron chi connectivity index (χ0n) is 27.2. The third kappa shape index (κ3) is 6.53. The van der Waals surface area contributed by atoms with E-state index in [1.807, 2.05) is 30.3 Å². The number of nitrogens with zero attached hydrogens (tertiary/aromatic N) is 1. The number of benzene rings is 7. The van der Waals surface area contributed by atoms with Gasteiger partial charge in [-0.05, 0) is 92.0 Å². The standard InChI is InChI=1S/C47H33NO2/c49-44-26-22-39(23-27-44)35-10-6-33(7-11-35)37-14-18-41(19-15-37)46-30-43(32-4-2-1-3-5-32)31-47(48-46)42-20-16-38(17-21-42)34-8-12-36(13-9-34)40-24-28-45(50)29-25-40/h1-31,49-50H. The van der Waals surface area contributed by atoms with Gasteiger partial charge >= 0.3 is 0 Å². The van der Waals surface area contributed by atoms with E-state index in [4.69, 9.17) is 4.98 Å². The lowest BCUT2D eigenvalue weighted by molar-refractivity contribution is 0.475. The molecule has 0 aliphatic heterocycles. The van der Waals surface area contributed by atoms with Crippen molar-refractivity contribution in [3.05, 3.63) is 188 Å². The Balaban J connectivity index is 1.07. The van der Waals surface area contributed by atoms with Crippen LogP contribution in [-0.2, 0) is 0 Å². The topological polar surface area (TPSA) is 53.4 Å². The van der Waals surface area contributed by atoms with Gasteiger partial charge in [-0.1, -0.05) is 152 Å². The maximum atomic E-state index is 9.63. The molecule has 8 aromatic rings. The van der Waals surface area contributed by atoms with Crippen LogP contribution in [0, 0.1) is 0 Å². The first-order chi connectivity index (χ1) is 24.6. The van der Waals surface area contributed by atoms with Gasteiger partial charge in [-0.3, -0.25) is 0 Å². The zero-order valence-corrected chi connectivity index (χ0v) is 27.2. The molecule has 0 amide bonds. The number of hydrogen-bond donors (Lipinski definition) is 2. The summed E-state index contributed by atoms with van der Waals surface area (Å²) >= 11 is 0. The minimum Gasteiger partial charge on any atom is -0.508 e. The van der Waals surface area contributed by atoms with Gasteiger partial charge in [0.15, 0.2) is 0 Å². The van der Waals surface area contributed by atoms with Crippen LogP contribution in [0.2, 0.25) is 0 Å². The normalized spacial score (nSPS) is 11.0. The SMILES string of the molecule is Oc1ccc(-c2ccc(-c3ccc(-c4cc(-c5ccccc5)cc(-c5ccc(-c6ccc(-c7ccc(O)cc7)cc6)cc5)n4)cc3)cc2)cc1. The summed E-state index contributed by atoms with van der Waals surface area (Å²) in [5.74, 6) is 0.537. The van der Waals surface area contributed by atoms with Crippen molar-refractivity contribution in [3.8, 4) is 89.6 Å². The van der Waals surface area contributed by atoms with E-state index in [1.165, 1.54) is 0 Å². The number of rotatable bonds is 7. The summed E-state index contributed by atoms with van der Waals surface area (Å²) in [5, 5.41) is 19.3. The van der Waals surface area contributed by atoms with E-state index in [9.17, 15) is 10.2 Å². The summed E-state index contributed by atoms with van der Waals surface area (Å²) in [4.78, 5) is 5.17. The molecule has 0 saturated heterocycles. The molecule has 0 unspecified atom stereocenters. The highest BCUT2D eigenvalue weighted by atomic mass is 16.3.